The van der Waals surface area contributed by atoms with E-state index in [1.165, 1.54) is 31.2 Å². The number of phenolic OH excluding ortho intramolecular Hbond substituents is 1. The lowest BCUT2D eigenvalue weighted by molar-refractivity contribution is -0.198. The fraction of sp³-hybridized carbons (Fsp3) is 0.444. The Morgan fingerprint density at radius 1 is 1.05 bits per heavy atom. The Hall–Kier alpha value is -4.31. The molecule has 2 saturated heterocycles. The lowest BCUT2D eigenvalue weighted by Crippen LogP contribution is -2.60. The molecule has 1 aromatic carbocycles. The Morgan fingerprint density at radius 3 is 2.35 bits per heavy atom. The van der Waals surface area contributed by atoms with E-state index in [-0.39, 0.29) is 18.6 Å². The van der Waals surface area contributed by atoms with Gasteiger partial charge in [-0.05, 0) is 26.0 Å². The molecule has 7 atom stereocenters. The maximum atomic E-state index is 14.6. The second kappa shape index (κ2) is 12.9. The number of carbonyl (C=O) groups is 4. The number of nitrogens with zero attached hydrogens (tertiary/aromatic N) is 1. The minimum absolute atomic E-state index is 0.239. The summed E-state index contributed by atoms with van der Waals surface area (Å²) in [5.74, 6) is -14.5. The number of pyridine rings is 1. The standard InChI is InChI=1S/C27H27F4N3O9/c1-10-20(36)14(9-13-17(28)18(29)23(31)34-22(13)30)32-25(38)19(33-24(37)12-5-3-4-6-15(12)35)11(2)42-27(40)21(43-26(10)39)16-7-8-41-16/h3-6,10-11,14,16,19-21,35-36H,7-9H2,1-2H3,(H,32,38)(H,33,37)/t10-,11-,14+,16?,19+,20+,21?/m1/s1. The van der Waals surface area contributed by atoms with Gasteiger partial charge in [-0.15, -0.1) is 0 Å². The highest BCUT2D eigenvalue weighted by Crippen LogP contribution is 2.25. The van der Waals surface area contributed by atoms with Crippen LogP contribution in [-0.4, -0.2) is 82.1 Å². The molecule has 3 heterocycles. The van der Waals surface area contributed by atoms with Gasteiger partial charge in [-0.2, -0.15) is 18.2 Å². The summed E-state index contributed by atoms with van der Waals surface area (Å²) in [6.45, 7) is 2.56. The van der Waals surface area contributed by atoms with Gasteiger partial charge in [0.1, 0.15) is 24.0 Å². The van der Waals surface area contributed by atoms with Gasteiger partial charge in [0, 0.05) is 25.0 Å². The number of para-hydroxylation sites is 1. The van der Waals surface area contributed by atoms with Crippen molar-refractivity contribution >= 4 is 23.8 Å². The van der Waals surface area contributed by atoms with Crippen LogP contribution in [0.4, 0.5) is 17.6 Å². The second-order valence-electron chi connectivity index (χ2n) is 10.1. The van der Waals surface area contributed by atoms with Crippen LogP contribution in [0.1, 0.15) is 36.2 Å². The zero-order chi connectivity index (χ0) is 31.6. The summed E-state index contributed by atoms with van der Waals surface area (Å²) in [7, 11) is 0. The van der Waals surface area contributed by atoms with Gasteiger partial charge in [-0.1, -0.05) is 12.1 Å². The predicted molar refractivity (Wildman–Crippen MR) is 134 cm³/mol. The summed E-state index contributed by atoms with van der Waals surface area (Å²) in [4.78, 5) is 55.1. The molecule has 0 radical (unpaired) electrons. The third-order valence-corrected chi connectivity index (χ3v) is 7.17. The van der Waals surface area contributed by atoms with Crippen molar-refractivity contribution in [2.45, 2.75) is 63.2 Å². The number of aliphatic hydroxyl groups is 1. The molecule has 2 aliphatic rings. The molecule has 12 nitrogen and oxygen atoms in total. The number of phenols is 1. The number of cyclic esters (lactones) is 2. The van der Waals surface area contributed by atoms with Crippen molar-refractivity contribution in [3.8, 4) is 5.75 Å². The van der Waals surface area contributed by atoms with Gasteiger partial charge in [0.2, 0.25) is 23.8 Å². The molecule has 4 N–H and O–H groups in total. The first-order valence-corrected chi connectivity index (χ1v) is 13.1. The maximum absolute atomic E-state index is 14.6. The molecule has 2 amide bonds. The van der Waals surface area contributed by atoms with Gasteiger partial charge in [0.05, 0.1) is 23.6 Å². The molecular weight excluding hydrogens is 586 g/mol. The number of carbonyl (C=O) groups excluding carboxylic acids is 4. The van der Waals surface area contributed by atoms with E-state index < -0.39 is 107 Å². The average Bonchev–Trinajstić information content (AvgIpc) is 2.93. The first-order chi connectivity index (χ1) is 20.3. The molecule has 0 bridgehead atoms. The number of amides is 2. The van der Waals surface area contributed by atoms with Crippen molar-refractivity contribution in [2.75, 3.05) is 6.61 Å². The van der Waals surface area contributed by atoms with E-state index >= 15 is 0 Å². The number of hydrogen-bond donors (Lipinski definition) is 4. The number of aromatic hydroxyl groups is 1. The number of halogens is 4. The first kappa shape index (κ1) is 31.6. The average molecular weight is 614 g/mol. The number of hydrogen-bond acceptors (Lipinski definition) is 10. The monoisotopic (exact) mass is 613 g/mol. The molecule has 2 unspecified atom stereocenters. The minimum Gasteiger partial charge on any atom is -0.507 e. The van der Waals surface area contributed by atoms with E-state index in [2.05, 4.69) is 15.6 Å². The molecule has 4 rings (SSSR count). The van der Waals surface area contributed by atoms with E-state index in [4.69, 9.17) is 14.2 Å². The smallest absolute Gasteiger partial charge is 0.350 e. The van der Waals surface area contributed by atoms with Gasteiger partial charge < -0.3 is 35.1 Å². The van der Waals surface area contributed by atoms with Crippen LogP contribution >= 0.6 is 0 Å². The van der Waals surface area contributed by atoms with Crippen LogP contribution in [0.25, 0.3) is 0 Å². The quantitative estimate of drug-likeness (QED) is 0.215. The van der Waals surface area contributed by atoms with E-state index in [9.17, 15) is 47.0 Å². The van der Waals surface area contributed by atoms with Crippen LogP contribution in [0, 0.1) is 29.4 Å². The molecule has 2 fully saturated rings. The minimum atomic E-state index is -2.12. The number of esters is 2. The maximum Gasteiger partial charge on any atom is 0.350 e. The normalized spacial score (nSPS) is 28.3. The van der Waals surface area contributed by atoms with E-state index in [1.54, 1.807) is 0 Å². The second-order valence-corrected chi connectivity index (χ2v) is 10.1. The zero-order valence-corrected chi connectivity index (χ0v) is 22.7. The fourth-order valence-corrected chi connectivity index (χ4v) is 4.53. The summed E-state index contributed by atoms with van der Waals surface area (Å²) in [6, 6.07) is 1.72. The Morgan fingerprint density at radius 2 is 1.72 bits per heavy atom. The third-order valence-electron chi connectivity index (χ3n) is 7.17. The van der Waals surface area contributed by atoms with Gasteiger partial charge in [-0.25, -0.2) is 9.18 Å². The molecular formula is C27H27F4N3O9. The predicted octanol–water partition coefficient (Wildman–Crippen LogP) is 0.812. The molecule has 0 spiro atoms. The molecule has 2 aliphatic heterocycles. The molecule has 0 aliphatic carbocycles. The first-order valence-electron chi connectivity index (χ1n) is 13.1. The number of aliphatic hydroxyl groups excluding tert-OH is 1. The highest BCUT2D eigenvalue weighted by molar-refractivity contribution is 6.00. The highest BCUT2D eigenvalue weighted by atomic mass is 19.2. The van der Waals surface area contributed by atoms with Crippen molar-refractivity contribution in [1.82, 2.24) is 15.6 Å². The van der Waals surface area contributed by atoms with Crippen LogP contribution in [0.5, 0.6) is 5.75 Å². The highest BCUT2D eigenvalue weighted by Gasteiger charge is 2.44. The van der Waals surface area contributed by atoms with Gasteiger partial charge >= 0.3 is 11.9 Å². The summed E-state index contributed by atoms with van der Waals surface area (Å²) < 4.78 is 72.3. The summed E-state index contributed by atoms with van der Waals surface area (Å²) in [5, 5.41) is 25.7. The van der Waals surface area contributed by atoms with Gasteiger partial charge in [0.25, 0.3) is 11.9 Å². The van der Waals surface area contributed by atoms with Crippen molar-refractivity contribution in [3.63, 3.8) is 0 Å². The zero-order valence-electron chi connectivity index (χ0n) is 22.7. The molecule has 232 valence electrons. The van der Waals surface area contributed by atoms with Crippen LogP contribution in [0.2, 0.25) is 0 Å². The van der Waals surface area contributed by atoms with Gasteiger partial charge in [-0.3, -0.25) is 14.4 Å². The Balaban J connectivity index is 1.73. The van der Waals surface area contributed by atoms with Crippen LogP contribution in [0.15, 0.2) is 24.3 Å². The third kappa shape index (κ3) is 6.69. The van der Waals surface area contributed by atoms with Crippen molar-refractivity contribution in [3.05, 3.63) is 58.9 Å². The lowest BCUT2D eigenvalue weighted by atomic mass is 9.92. The molecule has 1 aromatic heterocycles. The number of benzene rings is 1. The summed E-state index contributed by atoms with van der Waals surface area (Å²) >= 11 is 0. The SMILES string of the molecule is C[C@H]1OC(=O)C(C2CCO2)OC(=O)[C@H](C)[C@H](O)[C@H](Cc2c(F)nc(F)c(F)c2F)NC(=O)[C@H]1NC(=O)c1ccccc1O. The molecule has 43 heavy (non-hydrogen) atoms. The fourth-order valence-electron chi connectivity index (χ4n) is 4.53. The van der Waals surface area contributed by atoms with E-state index in [1.807, 2.05) is 0 Å². The van der Waals surface area contributed by atoms with Crippen molar-refractivity contribution in [2.24, 2.45) is 5.92 Å². The Kier molecular flexibility index (Phi) is 9.49. The van der Waals surface area contributed by atoms with E-state index in [0.717, 1.165) is 6.92 Å². The largest absolute Gasteiger partial charge is 0.507 e. The number of ether oxygens (including phenoxy) is 3. The van der Waals surface area contributed by atoms with E-state index in [0.29, 0.717) is 0 Å². The van der Waals surface area contributed by atoms with Crippen LogP contribution in [0.3, 0.4) is 0 Å². The summed E-state index contributed by atoms with van der Waals surface area (Å²) in [6.07, 6.45) is -6.82. The summed E-state index contributed by atoms with van der Waals surface area (Å²) in [5.41, 5.74) is -1.43. The molecule has 16 heteroatoms. The Labute approximate surface area is 241 Å². The Bertz CT molecular complexity index is 1420. The topological polar surface area (TPSA) is 173 Å². The number of aromatic nitrogens is 1. The van der Waals surface area contributed by atoms with Crippen molar-refractivity contribution < 1.29 is 61.2 Å². The van der Waals surface area contributed by atoms with Gasteiger partial charge in [0.15, 0.2) is 5.82 Å². The lowest BCUT2D eigenvalue weighted by Gasteiger charge is -2.36. The molecule has 2 aromatic rings. The van der Waals surface area contributed by atoms with Crippen LogP contribution < -0.4 is 10.6 Å². The number of rotatable bonds is 5. The van der Waals surface area contributed by atoms with Crippen molar-refractivity contribution in [1.29, 1.82) is 0 Å². The molecule has 0 saturated carbocycles. The number of nitrogens with one attached hydrogen (secondary N) is 2. The van der Waals surface area contributed by atoms with Crippen LogP contribution in [-0.2, 0) is 35.0 Å².